The third-order valence-corrected chi connectivity index (χ3v) is 2.82. The molecule has 2 rings (SSSR count). The molecule has 1 aromatic carbocycles. The van der Waals surface area contributed by atoms with Gasteiger partial charge in [-0.15, -0.1) is 12.4 Å². The summed E-state index contributed by atoms with van der Waals surface area (Å²) in [5, 5.41) is 0. The summed E-state index contributed by atoms with van der Waals surface area (Å²) in [5.41, 5.74) is 7.47. The molecule has 18 heavy (non-hydrogen) atoms. The van der Waals surface area contributed by atoms with Crippen LogP contribution in [-0.4, -0.2) is 31.6 Å². The maximum atomic E-state index is 11.9. The van der Waals surface area contributed by atoms with Crippen molar-refractivity contribution >= 4 is 30.0 Å². The molecule has 2 N–H and O–H groups in total. The molecule has 0 saturated carbocycles. The van der Waals surface area contributed by atoms with E-state index >= 15 is 0 Å². The van der Waals surface area contributed by atoms with Gasteiger partial charge in [0.15, 0.2) is 0 Å². The van der Waals surface area contributed by atoms with Gasteiger partial charge in [-0.05, 0) is 18.1 Å². The van der Waals surface area contributed by atoms with Gasteiger partial charge < -0.3 is 10.5 Å². The van der Waals surface area contributed by atoms with Crippen LogP contribution in [0.1, 0.15) is 5.56 Å². The molecule has 0 fully saturated rings. The highest BCUT2D eigenvalue weighted by molar-refractivity contribution is 6.03. The number of halogens is 1. The average molecular weight is 271 g/mol. The third kappa shape index (κ3) is 2.63. The van der Waals surface area contributed by atoms with Crippen molar-refractivity contribution in [3.8, 4) is 0 Å². The van der Waals surface area contributed by atoms with Gasteiger partial charge in [-0.25, -0.2) is 0 Å². The molecular formula is C12H15ClN2O3. The lowest BCUT2D eigenvalue weighted by Gasteiger charge is -2.31. The maximum Gasteiger partial charge on any atom is 0.325 e. The van der Waals surface area contributed by atoms with Crippen LogP contribution >= 0.6 is 12.4 Å². The van der Waals surface area contributed by atoms with Gasteiger partial charge in [0.2, 0.25) is 5.91 Å². The van der Waals surface area contributed by atoms with E-state index < -0.39 is 12.0 Å². The van der Waals surface area contributed by atoms with Crippen molar-refractivity contribution in [2.24, 2.45) is 5.73 Å². The molecule has 1 heterocycles. The number of carbonyl (C=O) groups is 2. The second-order valence-electron chi connectivity index (χ2n) is 3.94. The fourth-order valence-corrected chi connectivity index (χ4v) is 1.95. The van der Waals surface area contributed by atoms with Gasteiger partial charge in [0, 0.05) is 5.69 Å². The molecule has 0 bridgehead atoms. The minimum absolute atomic E-state index is 0. The van der Waals surface area contributed by atoms with Crippen LogP contribution in [0.25, 0.3) is 0 Å². The van der Waals surface area contributed by atoms with Gasteiger partial charge in [0.05, 0.1) is 13.2 Å². The standard InChI is InChI=1S/C12H14N2O3.ClH/c1-17-11(15)7-14-10-5-3-2-4-8(10)6-9(13)12(14)16;/h2-5,9H,6-7,13H2,1H3;1H. The monoisotopic (exact) mass is 270 g/mol. The number of methoxy groups -OCH3 is 1. The summed E-state index contributed by atoms with van der Waals surface area (Å²) in [6.45, 7) is -0.0972. The van der Waals surface area contributed by atoms with Crippen LogP contribution < -0.4 is 10.6 Å². The number of anilines is 1. The molecule has 1 aliphatic heterocycles. The van der Waals surface area contributed by atoms with Crippen molar-refractivity contribution in [1.82, 2.24) is 0 Å². The number of carbonyl (C=O) groups excluding carboxylic acids is 2. The fraction of sp³-hybridized carbons (Fsp3) is 0.333. The molecule has 1 unspecified atom stereocenters. The Morgan fingerprint density at radius 3 is 2.83 bits per heavy atom. The summed E-state index contributed by atoms with van der Waals surface area (Å²) in [7, 11) is 1.29. The number of rotatable bonds is 2. The summed E-state index contributed by atoms with van der Waals surface area (Å²) in [6, 6.07) is 6.84. The van der Waals surface area contributed by atoms with Gasteiger partial charge in [0.1, 0.15) is 6.54 Å². The second kappa shape index (κ2) is 5.84. The highest BCUT2D eigenvalue weighted by atomic mass is 35.5. The number of esters is 1. The van der Waals surface area contributed by atoms with Crippen LogP contribution in [0.2, 0.25) is 0 Å². The zero-order chi connectivity index (χ0) is 12.4. The Labute approximate surface area is 111 Å². The van der Waals surface area contributed by atoms with Crippen molar-refractivity contribution in [1.29, 1.82) is 0 Å². The van der Waals surface area contributed by atoms with Crippen molar-refractivity contribution < 1.29 is 14.3 Å². The van der Waals surface area contributed by atoms with E-state index in [1.807, 2.05) is 24.3 Å². The molecule has 5 nitrogen and oxygen atoms in total. The van der Waals surface area contributed by atoms with E-state index in [9.17, 15) is 9.59 Å². The Kier molecular flexibility index (Phi) is 4.69. The summed E-state index contributed by atoms with van der Waals surface area (Å²) in [6.07, 6.45) is 0.507. The first-order valence-electron chi connectivity index (χ1n) is 5.35. The summed E-state index contributed by atoms with van der Waals surface area (Å²) >= 11 is 0. The largest absolute Gasteiger partial charge is 0.468 e. The van der Waals surface area contributed by atoms with E-state index in [2.05, 4.69) is 4.74 Å². The molecule has 1 aliphatic rings. The maximum absolute atomic E-state index is 11.9. The van der Waals surface area contributed by atoms with Gasteiger partial charge >= 0.3 is 5.97 Å². The number of nitrogens with zero attached hydrogens (tertiary/aromatic N) is 1. The highest BCUT2D eigenvalue weighted by Crippen LogP contribution is 2.26. The summed E-state index contributed by atoms with van der Waals surface area (Å²) < 4.78 is 4.58. The number of para-hydroxylation sites is 1. The van der Waals surface area contributed by atoms with E-state index in [0.717, 1.165) is 11.3 Å². The number of fused-ring (bicyclic) bond motifs is 1. The molecule has 0 spiro atoms. The van der Waals surface area contributed by atoms with Gasteiger partial charge in [-0.3, -0.25) is 14.5 Å². The van der Waals surface area contributed by atoms with Crippen LogP contribution in [-0.2, 0) is 20.7 Å². The first kappa shape index (κ1) is 14.5. The molecule has 0 saturated heterocycles. The Bertz CT molecular complexity index is 464. The van der Waals surface area contributed by atoms with E-state index in [4.69, 9.17) is 5.73 Å². The Balaban J connectivity index is 0.00000162. The van der Waals surface area contributed by atoms with Crippen LogP contribution in [0.5, 0.6) is 0 Å². The molecular weight excluding hydrogens is 256 g/mol. The number of amides is 1. The Morgan fingerprint density at radius 1 is 1.50 bits per heavy atom. The van der Waals surface area contributed by atoms with E-state index in [1.54, 1.807) is 0 Å². The Hall–Kier alpha value is -1.59. The SMILES string of the molecule is COC(=O)CN1C(=O)C(N)Cc2ccccc21.Cl. The third-order valence-electron chi connectivity index (χ3n) is 2.82. The van der Waals surface area contributed by atoms with Crippen LogP contribution in [0.4, 0.5) is 5.69 Å². The predicted molar refractivity (Wildman–Crippen MR) is 69.7 cm³/mol. The van der Waals surface area contributed by atoms with E-state index in [-0.39, 0.29) is 24.9 Å². The predicted octanol–water partition coefficient (Wildman–Crippen LogP) is 0.498. The lowest BCUT2D eigenvalue weighted by Crippen LogP contribution is -2.50. The lowest BCUT2D eigenvalue weighted by molar-refractivity contribution is -0.140. The smallest absolute Gasteiger partial charge is 0.325 e. The lowest BCUT2D eigenvalue weighted by atomic mass is 9.98. The molecule has 1 aromatic rings. The number of hydrogen-bond donors (Lipinski definition) is 1. The number of ether oxygens (including phenoxy) is 1. The molecule has 1 atom stereocenters. The normalized spacial score (nSPS) is 17.8. The van der Waals surface area contributed by atoms with E-state index in [1.165, 1.54) is 12.0 Å². The minimum atomic E-state index is -0.588. The van der Waals surface area contributed by atoms with Crippen molar-refractivity contribution in [2.45, 2.75) is 12.5 Å². The first-order chi connectivity index (χ1) is 8.13. The van der Waals surface area contributed by atoms with Gasteiger partial charge in [0.25, 0.3) is 0 Å². The fourth-order valence-electron chi connectivity index (χ4n) is 1.95. The quantitative estimate of drug-likeness (QED) is 0.794. The van der Waals surface area contributed by atoms with Crippen LogP contribution in [0.3, 0.4) is 0 Å². The molecule has 0 aromatic heterocycles. The molecule has 0 radical (unpaired) electrons. The number of hydrogen-bond acceptors (Lipinski definition) is 4. The van der Waals surface area contributed by atoms with Crippen molar-refractivity contribution in [3.05, 3.63) is 29.8 Å². The molecule has 0 aliphatic carbocycles. The average Bonchev–Trinajstić information content (AvgIpc) is 2.34. The summed E-state index contributed by atoms with van der Waals surface area (Å²) in [4.78, 5) is 24.6. The van der Waals surface area contributed by atoms with Crippen LogP contribution in [0, 0.1) is 0 Å². The first-order valence-corrected chi connectivity index (χ1v) is 5.35. The second-order valence-corrected chi connectivity index (χ2v) is 3.94. The van der Waals surface area contributed by atoms with Crippen LogP contribution in [0.15, 0.2) is 24.3 Å². The zero-order valence-electron chi connectivity index (χ0n) is 9.96. The summed E-state index contributed by atoms with van der Waals surface area (Å²) in [5.74, 6) is -0.698. The van der Waals surface area contributed by atoms with Crippen molar-refractivity contribution in [3.63, 3.8) is 0 Å². The zero-order valence-corrected chi connectivity index (χ0v) is 10.8. The highest BCUT2D eigenvalue weighted by Gasteiger charge is 2.31. The number of benzene rings is 1. The van der Waals surface area contributed by atoms with E-state index in [0.29, 0.717) is 6.42 Å². The van der Waals surface area contributed by atoms with Gasteiger partial charge in [-0.2, -0.15) is 0 Å². The Morgan fingerprint density at radius 2 is 2.17 bits per heavy atom. The topological polar surface area (TPSA) is 72.6 Å². The number of nitrogens with two attached hydrogens (primary N) is 1. The minimum Gasteiger partial charge on any atom is -0.468 e. The molecule has 98 valence electrons. The van der Waals surface area contributed by atoms with Crippen molar-refractivity contribution in [2.75, 3.05) is 18.6 Å². The van der Waals surface area contributed by atoms with Gasteiger partial charge in [-0.1, -0.05) is 18.2 Å². The molecule has 6 heteroatoms. The molecule has 1 amide bonds.